The van der Waals surface area contributed by atoms with Crippen LogP contribution in [-0.2, 0) is 5.54 Å². The Hall–Kier alpha value is -2.17. The van der Waals surface area contributed by atoms with Gasteiger partial charge in [-0.2, -0.15) is 0 Å². The van der Waals surface area contributed by atoms with E-state index in [-0.39, 0.29) is 6.79 Å². The summed E-state index contributed by atoms with van der Waals surface area (Å²) >= 11 is 0. The molecule has 1 aromatic carbocycles. The maximum absolute atomic E-state index is 5.54. The summed E-state index contributed by atoms with van der Waals surface area (Å²) in [5.74, 6) is 3.96. The van der Waals surface area contributed by atoms with Crippen LogP contribution in [0.25, 0.3) is 11.4 Å². The van der Waals surface area contributed by atoms with Gasteiger partial charge in [0.25, 0.3) is 0 Å². The third-order valence-corrected chi connectivity index (χ3v) is 5.14. The van der Waals surface area contributed by atoms with Gasteiger partial charge in [0.05, 0.1) is 7.11 Å². The van der Waals surface area contributed by atoms with E-state index in [0.29, 0.717) is 17.0 Å². The number of benzene rings is 1. The van der Waals surface area contributed by atoms with Crippen molar-refractivity contribution in [2.24, 2.45) is 5.92 Å². The highest BCUT2D eigenvalue weighted by molar-refractivity contribution is 5.68. The van der Waals surface area contributed by atoms with Gasteiger partial charge in [-0.15, -0.1) is 0 Å². The van der Waals surface area contributed by atoms with Crippen molar-refractivity contribution in [3.8, 4) is 28.6 Å². The molecule has 5 nitrogen and oxygen atoms in total. The number of rotatable bonds is 4. The first-order valence-corrected chi connectivity index (χ1v) is 7.84. The van der Waals surface area contributed by atoms with Crippen LogP contribution in [-0.4, -0.2) is 23.5 Å². The molecule has 0 radical (unpaired) electrons. The van der Waals surface area contributed by atoms with Crippen LogP contribution in [0, 0.1) is 5.92 Å². The van der Waals surface area contributed by atoms with Gasteiger partial charge in [-0.1, -0.05) is 0 Å². The Morgan fingerprint density at radius 1 is 1.27 bits per heavy atom. The van der Waals surface area contributed by atoms with Gasteiger partial charge in [0, 0.05) is 23.5 Å². The molecule has 3 aliphatic rings. The van der Waals surface area contributed by atoms with Crippen LogP contribution in [0.3, 0.4) is 0 Å². The summed E-state index contributed by atoms with van der Waals surface area (Å²) < 4.78 is 18.8. The van der Waals surface area contributed by atoms with Gasteiger partial charge in [-0.05, 0) is 43.7 Å². The monoisotopic (exact) mass is 298 g/mol. The molecule has 5 rings (SSSR count). The van der Waals surface area contributed by atoms with E-state index >= 15 is 0 Å². The molecule has 1 aliphatic heterocycles. The first-order chi connectivity index (χ1) is 10.8. The number of fused-ring (bicyclic) bond motifs is 1. The molecule has 0 bridgehead atoms. The van der Waals surface area contributed by atoms with Crippen LogP contribution in [0.2, 0.25) is 0 Å². The number of nitrogens with zero attached hydrogens (tertiary/aromatic N) is 2. The molecule has 0 atom stereocenters. The number of imidazole rings is 1. The quantitative estimate of drug-likeness (QED) is 0.869. The summed E-state index contributed by atoms with van der Waals surface area (Å²) in [6.07, 6.45) is 9.25. The molecule has 114 valence electrons. The van der Waals surface area contributed by atoms with E-state index in [1.54, 1.807) is 7.11 Å². The van der Waals surface area contributed by atoms with Crippen molar-refractivity contribution >= 4 is 0 Å². The first kappa shape index (κ1) is 12.4. The normalized spacial score (nSPS) is 21.0. The zero-order valence-electron chi connectivity index (χ0n) is 12.5. The fourth-order valence-electron chi connectivity index (χ4n) is 3.73. The van der Waals surface area contributed by atoms with Crippen molar-refractivity contribution in [1.29, 1.82) is 0 Å². The number of hydrogen-bond donors (Lipinski definition) is 0. The van der Waals surface area contributed by atoms with Crippen molar-refractivity contribution in [3.63, 3.8) is 0 Å². The zero-order chi connectivity index (χ0) is 14.7. The van der Waals surface area contributed by atoms with E-state index in [4.69, 9.17) is 14.2 Å². The van der Waals surface area contributed by atoms with Crippen LogP contribution in [0.15, 0.2) is 24.5 Å². The van der Waals surface area contributed by atoms with Gasteiger partial charge in [-0.25, -0.2) is 4.98 Å². The summed E-state index contributed by atoms with van der Waals surface area (Å²) in [6.45, 7) is 0.246. The molecule has 0 amide bonds. The maximum Gasteiger partial charge on any atom is 0.231 e. The van der Waals surface area contributed by atoms with Gasteiger partial charge in [-0.3, -0.25) is 0 Å². The Balaban J connectivity index is 1.63. The second kappa shape index (κ2) is 4.18. The summed E-state index contributed by atoms with van der Waals surface area (Å²) in [4.78, 5) is 4.61. The van der Waals surface area contributed by atoms with Crippen molar-refractivity contribution in [3.05, 3.63) is 24.5 Å². The van der Waals surface area contributed by atoms with Crippen LogP contribution in [0.1, 0.15) is 25.7 Å². The molecule has 0 N–H and O–H groups in total. The number of methoxy groups -OCH3 is 1. The van der Waals surface area contributed by atoms with Gasteiger partial charge in [0.2, 0.25) is 12.5 Å². The highest BCUT2D eigenvalue weighted by Crippen LogP contribution is 2.60. The van der Waals surface area contributed by atoms with E-state index in [9.17, 15) is 0 Å². The average Bonchev–Trinajstić information content (AvgIpc) is 3.44. The fourth-order valence-corrected chi connectivity index (χ4v) is 3.73. The molecule has 22 heavy (non-hydrogen) atoms. The average molecular weight is 298 g/mol. The lowest BCUT2D eigenvalue weighted by molar-refractivity contribution is 0.171. The molecular formula is C17H18N2O3. The van der Waals surface area contributed by atoms with Gasteiger partial charge < -0.3 is 18.8 Å². The highest BCUT2D eigenvalue weighted by atomic mass is 16.7. The van der Waals surface area contributed by atoms with Crippen LogP contribution >= 0.6 is 0 Å². The minimum absolute atomic E-state index is 0.246. The first-order valence-electron chi connectivity index (χ1n) is 7.84. The predicted octanol–water partition coefficient (Wildman–Crippen LogP) is 3.19. The van der Waals surface area contributed by atoms with Crippen molar-refractivity contribution in [2.45, 2.75) is 31.2 Å². The highest BCUT2D eigenvalue weighted by Gasteiger charge is 2.56. The fraction of sp³-hybridized carbons (Fsp3) is 0.471. The van der Waals surface area contributed by atoms with Crippen molar-refractivity contribution in [1.82, 2.24) is 9.55 Å². The minimum Gasteiger partial charge on any atom is -0.493 e. The van der Waals surface area contributed by atoms with Gasteiger partial charge in [0.15, 0.2) is 11.5 Å². The molecule has 0 saturated heterocycles. The molecule has 0 unspecified atom stereocenters. The second-order valence-electron chi connectivity index (χ2n) is 6.41. The lowest BCUT2D eigenvalue weighted by Gasteiger charge is -2.20. The lowest BCUT2D eigenvalue weighted by atomic mass is 10.1. The summed E-state index contributed by atoms with van der Waals surface area (Å²) in [7, 11) is 1.65. The van der Waals surface area contributed by atoms with E-state index in [1.165, 1.54) is 25.7 Å². The molecular weight excluding hydrogens is 280 g/mol. The molecule has 1 aromatic heterocycles. The van der Waals surface area contributed by atoms with Crippen LogP contribution in [0.4, 0.5) is 0 Å². The van der Waals surface area contributed by atoms with E-state index in [2.05, 4.69) is 15.7 Å². The molecule has 2 fully saturated rings. The van der Waals surface area contributed by atoms with Crippen LogP contribution < -0.4 is 14.2 Å². The van der Waals surface area contributed by atoms with E-state index < -0.39 is 0 Å². The Labute approximate surface area is 128 Å². The third-order valence-electron chi connectivity index (χ3n) is 5.14. The summed E-state index contributed by atoms with van der Waals surface area (Å²) in [5.41, 5.74) is 1.34. The maximum atomic E-state index is 5.54. The number of hydrogen-bond acceptors (Lipinski definition) is 4. The van der Waals surface area contributed by atoms with E-state index in [1.807, 2.05) is 18.3 Å². The largest absolute Gasteiger partial charge is 0.493 e. The second-order valence-corrected chi connectivity index (χ2v) is 6.41. The SMILES string of the molecule is COc1cc(-c2nccn2C2(C3CC3)CC2)cc2c1OCO2. The summed E-state index contributed by atoms with van der Waals surface area (Å²) in [5, 5.41) is 0. The third kappa shape index (κ3) is 1.62. The molecule has 0 spiro atoms. The Bertz CT molecular complexity index is 744. The molecule has 2 saturated carbocycles. The standard InChI is InChI=1S/C17H18N2O3/c1-20-13-8-11(9-14-15(13)22-10-21-14)16-18-6-7-19(16)17(4-5-17)12-2-3-12/h6-9,12H,2-5,10H2,1H3. The minimum atomic E-state index is 0.246. The Morgan fingerprint density at radius 2 is 2.14 bits per heavy atom. The van der Waals surface area contributed by atoms with Crippen molar-refractivity contribution in [2.75, 3.05) is 13.9 Å². The lowest BCUT2D eigenvalue weighted by Crippen LogP contribution is -2.19. The van der Waals surface area contributed by atoms with Gasteiger partial charge in [0.1, 0.15) is 5.82 Å². The predicted molar refractivity (Wildman–Crippen MR) is 80.3 cm³/mol. The number of ether oxygens (including phenoxy) is 3. The number of aromatic nitrogens is 2. The Morgan fingerprint density at radius 3 is 2.86 bits per heavy atom. The Kier molecular flexibility index (Phi) is 2.35. The molecule has 2 aliphatic carbocycles. The van der Waals surface area contributed by atoms with E-state index in [0.717, 1.165) is 23.1 Å². The van der Waals surface area contributed by atoms with Crippen LogP contribution in [0.5, 0.6) is 17.2 Å². The smallest absolute Gasteiger partial charge is 0.231 e. The summed E-state index contributed by atoms with van der Waals surface area (Å²) in [6, 6.07) is 4.00. The van der Waals surface area contributed by atoms with Crippen molar-refractivity contribution < 1.29 is 14.2 Å². The molecule has 2 heterocycles. The molecule has 5 heteroatoms. The topological polar surface area (TPSA) is 45.5 Å². The zero-order valence-corrected chi connectivity index (χ0v) is 12.5. The van der Waals surface area contributed by atoms with Gasteiger partial charge >= 0.3 is 0 Å². The molecule has 2 aromatic rings.